The average Bonchev–Trinajstić information content (AvgIpc) is 2.34. The van der Waals surface area contributed by atoms with Crippen LogP contribution in [-0.4, -0.2) is 24.3 Å². The first kappa shape index (κ1) is 15.8. The zero-order chi connectivity index (χ0) is 14.3. The summed E-state index contributed by atoms with van der Waals surface area (Å²) in [6.07, 6.45) is -3.46. The molecule has 0 saturated carbocycles. The van der Waals surface area contributed by atoms with Gasteiger partial charge < -0.3 is 10.1 Å². The molecule has 1 rings (SSSR count). The van der Waals surface area contributed by atoms with Crippen LogP contribution in [-0.2, 0) is 0 Å². The van der Waals surface area contributed by atoms with Crippen molar-refractivity contribution < 1.29 is 17.9 Å². The van der Waals surface area contributed by atoms with E-state index >= 15 is 0 Å². The summed E-state index contributed by atoms with van der Waals surface area (Å²) in [5.41, 5.74) is 0.858. The molecule has 0 fully saturated rings. The Morgan fingerprint density at radius 1 is 1.42 bits per heavy atom. The fraction of sp³-hybridized carbons (Fsp3) is 0.615. The van der Waals surface area contributed by atoms with Crippen LogP contribution >= 0.6 is 0 Å². The van der Waals surface area contributed by atoms with Gasteiger partial charge in [0.05, 0.1) is 6.61 Å². The van der Waals surface area contributed by atoms with Gasteiger partial charge in [0.2, 0.25) is 5.88 Å². The minimum absolute atomic E-state index is 0.0162. The number of alkyl halides is 3. The lowest BCUT2D eigenvalue weighted by molar-refractivity contribution is -0.136. The smallest absolute Gasteiger partial charge is 0.389 e. The Morgan fingerprint density at radius 3 is 2.79 bits per heavy atom. The molecule has 1 aromatic rings. The summed E-state index contributed by atoms with van der Waals surface area (Å²) in [4.78, 5) is 4.07. The Bertz CT molecular complexity index is 382. The molecule has 1 aromatic heterocycles. The van der Waals surface area contributed by atoms with E-state index in [1.165, 1.54) is 0 Å². The minimum atomic E-state index is -4.13. The highest BCUT2D eigenvalue weighted by Crippen LogP contribution is 2.24. The minimum Gasteiger partial charge on any atom is -0.477 e. The molecule has 0 radical (unpaired) electrons. The van der Waals surface area contributed by atoms with Crippen LogP contribution in [0.4, 0.5) is 13.2 Å². The molecule has 0 aliphatic carbocycles. The Kier molecular flexibility index (Phi) is 6.08. The van der Waals surface area contributed by atoms with Crippen molar-refractivity contribution in [3.05, 3.63) is 23.9 Å². The normalized spacial score (nSPS) is 13.3. The van der Waals surface area contributed by atoms with Crippen molar-refractivity contribution in [2.45, 2.75) is 38.9 Å². The van der Waals surface area contributed by atoms with Gasteiger partial charge in [-0.2, -0.15) is 13.2 Å². The largest absolute Gasteiger partial charge is 0.477 e. The molecule has 1 N–H and O–H groups in total. The van der Waals surface area contributed by atoms with Crippen molar-refractivity contribution in [2.24, 2.45) is 0 Å². The lowest BCUT2D eigenvalue weighted by Crippen LogP contribution is -2.19. The van der Waals surface area contributed by atoms with Gasteiger partial charge in [-0.15, -0.1) is 0 Å². The fourth-order valence-electron chi connectivity index (χ4n) is 1.71. The van der Waals surface area contributed by atoms with Crippen molar-refractivity contribution in [3.63, 3.8) is 0 Å². The SMILES string of the molecule is CCNC(C)c1cccnc1OCCCC(F)(F)F. The third-order valence-electron chi connectivity index (χ3n) is 2.62. The van der Waals surface area contributed by atoms with Crippen molar-refractivity contribution >= 4 is 0 Å². The summed E-state index contributed by atoms with van der Waals surface area (Å²) in [7, 11) is 0. The summed E-state index contributed by atoms with van der Waals surface area (Å²) < 4.78 is 41.4. The van der Waals surface area contributed by atoms with Gasteiger partial charge in [-0.3, -0.25) is 0 Å². The number of hydrogen-bond donors (Lipinski definition) is 1. The quantitative estimate of drug-likeness (QED) is 0.774. The molecule has 0 amide bonds. The number of pyridine rings is 1. The van der Waals surface area contributed by atoms with Gasteiger partial charge in [0.15, 0.2) is 0 Å². The van der Waals surface area contributed by atoms with Crippen LogP contribution in [0.1, 0.15) is 38.3 Å². The number of rotatable bonds is 7. The van der Waals surface area contributed by atoms with Gasteiger partial charge in [-0.05, 0) is 26.0 Å². The lowest BCUT2D eigenvalue weighted by atomic mass is 10.1. The van der Waals surface area contributed by atoms with Crippen molar-refractivity contribution in [2.75, 3.05) is 13.2 Å². The molecule has 0 aliphatic heterocycles. The summed E-state index contributed by atoms with van der Waals surface area (Å²) in [5.74, 6) is 0.401. The predicted molar refractivity (Wildman–Crippen MR) is 67.1 cm³/mol. The number of ether oxygens (including phenoxy) is 1. The predicted octanol–water partition coefficient (Wildman–Crippen LogP) is 3.47. The second-order valence-corrected chi connectivity index (χ2v) is 4.24. The maximum absolute atomic E-state index is 12.0. The van der Waals surface area contributed by atoms with Crippen LogP contribution in [0.15, 0.2) is 18.3 Å². The van der Waals surface area contributed by atoms with Crippen LogP contribution in [0.2, 0.25) is 0 Å². The molecule has 108 valence electrons. The number of hydrogen-bond acceptors (Lipinski definition) is 3. The molecule has 6 heteroatoms. The first-order valence-electron chi connectivity index (χ1n) is 6.32. The van der Waals surface area contributed by atoms with E-state index in [0.29, 0.717) is 5.88 Å². The summed E-state index contributed by atoms with van der Waals surface area (Å²) in [5, 5.41) is 3.22. The molecule has 1 unspecified atom stereocenters. The topological polar surface area (TPSA) is 34.2 Å². The molecule has 1 heterocycles. The molecule has 0 aromatic carbocycles. The second kappa shape index (κ2) is 7.33. The maximum atomic E-state index is 12.0. The third-order valence-corrected chi connectivity index (χ3v) is 2.62. The average molecular weight is 276 g/mol. The van der Waals surface area contributed by atoms with E-state index in [4.69, 9.17) is 4.74 Å². The van der Waals surface area contributed by atoms with E-state index in [0.717, 1.165) is 12.1 Å². The number of halogens is 3. The number of nitrogens with one attached hydrogen (secondary N) is 1. The van der Waals surface area contributed by atoms with E-state index in [1.54, 1.807) is 12.3 Å². The molecule has 0 spiro atoms. The highest BCUT2D eigenvalue weighted by atomic mass is 19.4. The van der Waals surface area contributed by atoms with Crippen molar-refractivity contribution in [3.8, 4) is 5.88 Å². The van der Waals surface area contributed by atoms with E-state index in [9.17, 15) is 13.2 Å². The first-order chi connectivity index (χ1) is 8.94. The number of nitrogens with zero attached hydrogens (tertiary/aromatic N) is 1. The van der Waals surface area contributed by atoms with E-state index in [1.807, 2.05) is 19.9 Å². The lowest BCUT2D eigenvalue weighted by Gasteiger charge is -2.16. The Hall–Kier alpha value is -1.30. The summed E-state index contributed by atoms with van der Waals surface area (Å²) >= 11 is 0. The van der Waals surface area contributed by atoms with E-state index in [-0.39, 0.29) is 19.1 Å². The standard InChI is InChI=1S/C13H19F3N2O/c1-3-17-10(2)11-6-4-8-18-12(11)19-9-5-7-13(14,15)16/h4,6,8,10,17H,3,5,7,9H2,1-2H3. The van der Waals surface area contributed by atoms with Crippen LogP contribution in [0.5, 0.6) is 5.88 Å². The van der Waals surface area contributed by atoms with E-state index in [2.05, 4.69) is 10.3 Å². The molecule has 3 nitrogen and oxygen atoms in total. The first-order valence-corrected chi connectivity index (χ1v) is 6.32. The molecular weight excluding hydrogens is 257 g/mol. The maximum Gasteiger partial charge on any atom is 0.389 e. The summed E-state index contributed by atoms with van der Waals surface area (Å²) in [6.45, 7) is 4.76. The van der Waals surface area contributed by atoms with Crippen LogP contribution in [0.3, 0.4) is 0 Å². The zero-order valence-corrected chi connectivity index (χ0v) is 11.1. The molecular formula is C13H19F3N2O. The summed E-state index contributed by atoms with van der Waals surface area (Å²) in [6, 6.07) is 3.70. The zero-order valence-electron chi connectivity index (χ0n) is 11.1. The van der Waals surface area contributed by atoms with Crippen molar-refractivity contribution in [1.82, 2.24) is 10.3 Å². The van der Waals surface area contributed by atoms with Gasteiger partial charge in [0, 0.05) is 24.2 Å². The highest BCUT2D eigenvalue weighted by molar-refractivity contribution is 5.28. The molecule has 0 bridgehead atoms. The second-order valence-electron chi connectivity index (χ2n) is 4.24. The molecule has 19 heavy (non-hydrogen) atoms. The van der Waals surface area contributed by atoms with Crippen LogP contribution < -0.4 is 10.1 Å². The van der Waals surface area contributed by atoms with Gasteiger partial charge in [-0.25, -0.2) is 4.98 Å². The van der Waals surface area contributed by atoms with Gasteiger partial charge >= 0.3 is 6.18 Å². The Morgan fingerprint density at radius 2 is 2.16 bits per heavy atom. The monoisotopic (exact) mass is 276 g/mol. The molecule has 1 atom stereocenters. The van der Waals surface area contributed by atoms with Gasteiger partial charge in [0.25, 0.3) is 0 Å². The third kappa shape index (κ3) is 5.92. The Balaban J connectivity index is 2.53. The Labute approximate surface area is 111 Å². The highest BCUT2D eigenvalue weighted by Gasteiger charge is 2.26. The van der Waals surface area contributed by atoms with Crippen LogP contribution in [0.25, 0.3) is 0 Å². The van der Waals surface area contributed by atoms with Gasteiger partial charge in [0.1, 0.15) is 0 Å². The molecule has 0 saturated heterocycles. The molecule has 0 aliphatic rings. The van der Waals surface area contributed by atoms with Gasteiger partial charge in [-0.1, -0.05) is 13.0 Å². The van der Waals surface area contributed by atoms with Crippen LogP contribution in [0, 0.1) is 0 Å². The van der Waals surface area contributed by atoms with E-state index < -0.39 is 12.6 Å². The van der Waals surface area contributed by atoms with Crippen molar-refractivity contribution in [1.29, 1.82) is 0 Å². The fourth-order valence-corrected chi connectivity index (χ4v) is 1.71. The number of aromatic nitrogens is 1.